The lowest BCUT2D eigenvalue weighted by molar-refractivity contribution is 0.732. The molecule has 0 amide bonds. The minimum Gasteiger partial charge on any atom is -0.296 e. The van der Waals surface area contributed by atoms with Crippen molar-refractivity contribution in [1.29, 1.82) is 0 Å². The van der Waals surface area contributed by atoms with Crippen LogP contribution in [-0.4, -0.2) is 11.3 Å². The van der Waals surface area contributed by atoms with E-state index in [9.17, 15) is 0 Å². The summed E-state index contributed by atoms with van der Waals surface area (Å²) in [6.45, 7) is 2.16. The molecule has 1 aliphatic heterocycles. The Bertz CT molecular complexity index is 33.9. The van der Waals surface area contributed by atoms with Crippen LogP contribution in [-0.2, 0) is 0 Å². The molecule has 1 heterocycles. The van der Waals surface area contributed by atoms with Crippen molar-refractivity contribution in [3.05, 3.63) is 0 Å². The summed E-state index contributed by atoms with van der Waals surface area (Å²) < 4.78 is 0. The first-order valence-electron chi connectivity index (χ1n) is 1.74. The lowest BCUT2D eigenvalue weighted by Gasteiger charge is -2.21. The minimum absolute atomic E-state index is 0.731. The van der Waals surface area contributed by atoms with E-state index < -0.39 is 0 Å². The fourth-order valence-corrected chi connectivity index (χ4v) is 0.750. The third kappa shape index (κ3) is 0.578. The summed E-state index contributed by atoms with van der Waals surface area (Å²) in [5, 5.41) is 3.90. The van der Waals surface area contributed by atoms with Gasteiger partial charge in [-0.15, -0.1) is 11.8 Å². The monoisotopic (exact) mass is 89.0 g/mol. The number of thioether (sulfide) groups is 1. The number of rotatable bonds is 0. The zero-order valence-electron chi connectivity index (χ0n) is 3.19. The Morgan fingerprint density at radius 2 is 2.40 bits per heavy atom. The Morgan fingerprint density at radius 3 is 2.40 bits per heavy atom. The quantitative estimate of drug-likeness (QED) is 0.467. The second-order valence-electron chi connectivity index (χ2n) is 1.16. The molecule has 1 fully saturated rings. The van der Waals surface area contributed by atoms with E-state index in [1.807, 2.05) is 11.8 Å². The van der Waals surface area contributed by atoms with Crippen LogP contribution in [0.15, 0.2) is 0 Å². The van der Waals surface area contributed by atoms with Crippen LogP contribution >= 0.6 is 11.8 Å². The van der Waals surface area contributed by atoms with Crippen molar-refractivity contribution in [2.45, 2.75) is 12.3 Å². The van der Waals surface area contributed by atoms with Gasteiger partial charge < -0.3 is 0 Å². The highest BCUT2D eigenvalue weighted by Crippen LogP contribution is 2.13. The average molecular weight is 89.2 g/mol. The SMILES string of the molecule is CC1NCS1. The topological polar surface area (TPSA) is 12.0 Å². The third-order valence-electron chi connectivity index (χ3n) is 0.704. The second-order valence-corrected chi connectivity index (χ2v) is 2.49. The van der Waals surface area contributed by atoms with Crippen LogP contribution in [0, 0.1) is 0 Å². The average Bonchev–Trinajstić information content (AvgIpc) is 1.30. The molecule has 0 saturated carbocycles. The van der Waals surface area contributed by atoms with E-state index in [1.165, 1.54) is 0 Å². The molecule has 0 aromatic carbocycles. The van der Waals surface area contributed by atoms with Gasteiger partial charge in [-0.1, -0.05) is 0 Å². The molecule has 1 N–H and O–H groups in total. The molecule has 0 aliphatic carbocycles. The summed E-state index contributed by atoms with van der Waals surface area (Å²) >= 11 is 1.95. The zero-order chi connectivity index (χ0) is 3.70. The molecule has 1 atom stereocenters. The van der Waals surface area contributed by atoms with Gasteiger partial charge in [0, 0.05) is 5.88 Å². The van der Waals surface area contributed by atoms with Gasteiger partial charge in [-0.05, 0) is 6.92 Å². The predicted molar refractivity (Wildman–Crippen MR) is 25.1 cm³/mol. The van der Waals surface area contributed by atoms with Gasteiger partial charge >= 0.3 is 0 Å². The molecule has 2 heteroatoms. The summed E-state index contributed by atoms with van der Waals surface area (Å²) in [6, 6.07) is 0. The summed E-state index contributed by atoms with van der Waals surface area (Å²) in [6.07, 6.45) is 0. The maximum absolute atomic E-state index is 3.17. The molecule has 1 unspecified atom stereocenters. The standard InChI is InChI=1S/C3H7NS/c1-3-4-2-5-3/h3-4H,2H2,1H3. The van der Waals surface area contributed by atoms with Crippen LogP contribution in [0.25, 0.3) is 0 Å². The first-order chi connectivity index (χ1) is 2.39. The molecule has 30 valence electrons. The molecule has 1 nitrogen and oxygen atoms in total. The first kappa shape index (κ1) is 3.50. The van der Waals surface area contributed by atoms with Gasteiger partial charge in [-0.3, -0.25) is 5.32 Å². The second kappa shape index (κ2) is 1.19. The molecule has 0 aromatic heterocycles. The van der Waals surface area contributed by atoms with E-state index in [0.717, 1.165) is 11.3 Å². The van der Waals surface area contributed by atoms with Gasteiger partial charge in [0.1, 0.15) is 0 Å². The van der Waals surface area contributed by atoms with Crippen LogP contribution in [0.1, 0.15) is 6.92 Å². The smallest absolute Gasteiger partial charge is 0.0522 e. The van der Waals surface area contributed by atoms with E-state index in [-0.39, 0.29) is 0 Å². The Kier molecular flexibility index (Phi) is 0.830. The largest absolute Gasteiger partial charge is 0.296 e. The predicted octanol–water partition coefficient (Wildman–Crippen LogP) is 0.626. The maximum Gasteiger partial charge on any atom is 0.0522 e. The van der Waals surface area contributed by atoms with E-state index in [4.69, 9.17) is 0 Å². The highest BCUT2D eigenvalue weighted by molar-refractivity contribution is 8.01. The van der Waals surface area contributed by atoms with E-state index in [2.05, 4.69) is 12.2 Å². The molecule has 0 radical (unpaired) electrons. The van der Waals surface area contributed by atoms with Crippen molar-refractivity contribution in [2.75, 3.05) is 5.88 Å². The Labute approximate surface area is 36.1 Å². The minimum atomic E-state index is 0.731. The molecule has 1 rings (SSSR count). The Morgan fingerprint density at radius 1 is 2.00 bits per heavy atom. The molecule has 5 heavy (non-hydrogen) atoms. The molecular formula is C3H7NS. The van der Waals surface area contributed by atoms with Crippen molar-refractivity contribution >= 4 is 11.8 Å². The van der Waals surface area contributed by atoms with Crippen LogP contribution in [0.5, 0.6) is 0 Å². The van der Waals surface area contributed by atoms with Gasteiger partial charge in [0.15, 0.2) is 0 Å². The lowest BCUT2D eigenvalue weighted by atomic mass is 10.7. The van der Waals surface area contributed by atoms with Crippen LogP contribution in [0.4, 0.5) is 0 Å². The number of hydrogen-bond donors (Lipinski definition) is 1. The van der Waals surface area contributed by atoms with Gasteiger partial charge in [0.05, 0.1) is 5.37 Å². The maximum atomic E-state index is 3.17. The Hall–Kier alpha value is 0.310. The number of hydrogen-bond acceptors (Lipinski definition) is 2. The normalized spacial score (nSPS) is 36.6. The zero-order valence-corrected chi connectivity index (χ0v) is 4.01. The lowest BCUT2D eigenvalue weighted by Crippen LogP contribution is -2.33. The van der Waals surface area contributed by atoms with Crippen molar-refractivity contribution in [2.24, 2.45) is 0 Å². The highest BCUT2D eigenvalue weighted by Gasteiger charge is 2.07. The first-order valence-corrected chi connectivity index (χ1v) is 2.79. The molecule has 0 aromatic rings. The van der Waals surface area contributed by atoms with Gasteiger partial charge in [0.25, 0.3) is 0 Å². The summed E-state index contributed by atoms with van der Waals surface area (Å²) in [5.41, 5.74) is 0. The van der Waals surface area contributed by atoms with Crippen LogP contribution in [0.2, 0.25) is 0 Å². The van der Waals surface area contributed by atoms with Crippen LogP contribution < -0.4 is 5.32 Å². The summed E-state index contributed by atoms with van der Waals surface area (Å²) in [5.74, 6) is 1.15. The number of nitrogens with one attached hydrogen (secondary N) is 1. The molecule has 0 spiro atoms. The summed E-state index contributed by atoms with van der Waals surface area (Å²) in [4.78, 5) is 0. The fraction of sp³-hybridized carbons (Fsp3) is 1.00. The molecule has 0 bridgehead atoms. The van der Waals surface area contributed by atoms with Crippen molar-refractivity contribution in [3.8, 4) is 0 Å². The molecule has 1 saturated heterocycles. The molecule has 1 aliphatic rings. The third-order valence-corrected chi connectivity index (χ3v) is 1.70. The van der Waals surface area contributed by atoms with Crippen molar-refractivity contribution < 1.29 is 0 Å². The van der Waals surface area contributed by atoms with Gasteiger partial charge in [0.2, 0.25) is 0 Å². The van der Waals surface area contributed by atoms with Gasteiger partial charge in [-0.25, -0.2) is 0 Å². The van der Waals surface area contributed by atoms with Crippen LogP contribution in [0.3, 0.4) is 0 Å². The molecular weight excluding hydrogens is 82.1 g/mol. The Balaban J connectivity index is 2.08. The van der Waals surface area contributed by atoms with Gasteiger partial charge in [-0.2, -0.15) is 0 Å². The van der Waals surface area contributed by atoms with E-state index in [1.54, 1.807) is 0 Å². The van der Waals surface area contributed by atoms with Crippen molar-refractivity contribution in [3.63, 3.8) is 0 Å². The highest BCUT2D eigenvalue weighted by atomic mass is 32.2. The van der Waals surface area contributed by atoms with Crippen molar-refractivity contribution in [1.82, 2.24) is 5.32 Å². The summed E-state index contributed by atoms with van der Waals surface area (Å²) in [7, 11) is 0. The fourth-order valence-electron chi connectivity index (χ4n) is 0.250. The van der Waals surface area contributed by atoms with E-state index in [0.29, 0.717) is 0 Å². The van der Waals surface area contributed by atoms with E-state index >= 15 is 0 Å².